The summed E-state index contributed by atoms with van der Waals surface area (Å²) in [5.41, 5.74) is 0. The van der Waals surface area contributed by atoms with Crippen molar-refractivity contribution in [1.29, 1.82) is 0 Å². The van der Waals surface area contributed by atoms with Crippen LogP contribution in [0.2, 0.25) is 0 Å². The smallest absolute Gasteiger partial charge is 0.0701 e. The number of hydrogen-bond donors (Lipinski definition) is 0. The Morgan fingerprint density at radius 2 is 0.528 bits per heavy atom. The lowest BCUT2D eigenvalue weighted by Gasteiger charge is -2.09. The molecule has 0 N–H and O–H groups in total. The van der Waals surface area contributed by atoms with E-state index in [9.17, 15) is 0 Å². The van der Waals surface area contributed by atoms with Crippen LogP contribution < -0.4 is 0 Å². The van der Waals surface area contributed by atoms with Crippen molar-refractivity contribution in [2.24, 2.45) is 0 Å². The van der Waals surface area contributed by atoms with Gasteiger partial charge in [-0.3, -0.25) is 0 Å². The van der Waals surface area contributed by atoms with Crippen molar-refractivity contribution in [3.63, 3.8) is 0 Å². The molecule has 0 aromatic heterocycles. The average molecular weight is 592 g/mol. The Bertz CT molecular complexity index is 349. The minimum Gasteiger partial charge on any atom is -0.379 e. The molecule has 0 radical (unpaired) electrons. The Balaban J connectivity index is 3.00. The standard InChI is InChI=1S/C25H51BrO10/c1-2-3-4-6-27-8-10-29-12-14-31-16-18-33-20-22-35-24-25-36-23-21-34-19-17-32-15-13-30-11-9-28-7-5-26/h2-25H2,1H3. The van der Waals surface area contributed by atoms with E-state index in [1.54, 1.807) is 0 Å². The minimum atomic E-state index is 0.531. The summed E-state index contributed by atoms with van der Waals surface area (Å²) in [5.74, 6) is 0. The predicted octanol–water partition coefficient (Wildman–Crippen LogP) is 2.74. The van der Waals surface area contributed by atoms with Crippen LogP contribution >= 0.6 is 15.9 Å². The Morgan fingerprint density at radius 3 is 0.750 bits per heavy atom. The Labute approximate surface area is 227 Å². The van der Waals surface area contributed by atoms with Crippen molar-refractivity contribution in [2.45, 2.75) is 26.2 Å². The Morgan fingerprint density at radius 1 is 0.306 bits per heavy atom. The van der Waals surface area contributed by atoms with Crippen LogP contribution in [0.4, 0.5) is 0 Å². The van der Waals surface area contributed by atoms with Crippen molar-refractivity contribution in [2.75, 3.05) is 137 Å². The van der Waals surface area contributed by atoms with E-state index in [1.807, 2.05) is 0 Å². The van der Waals surface area contributed by atoms with Crippen molar-refractivity contribution < 1.29 is 47.4 Å². The zero-order valence-electron chi connectivity index (χ0n) is 22.4. The van der Waals surface area contributed by atoms with E-state index in [1.165, 1.54) is 12.8 Å². The van der Waals surface area contributed by atoms with Gasteiger partial charge in [0.1, 0.15) is 0 Å². The van der Waals surface area contributed by atoms with E-state index >= 15 is 0 Å². The monoisotopic (exact) mass is 590 g/mol. The highest BCUT2D eigenvalue weighted by Gasteiger charge is 1.96. The molecule has 0 aromatic carbocycles. The first kappa shape index (κ1) is 36.1. The molecule has 0 fully saturated rings. The van der Waals surface area contributed by atoms with Gasteiger partial charge in [-0.05, 0) is 6.42 Å². The minimum absolute atomic E-state index is 0.531. The molecule has 0 unspecified atom stereocenters. The summed E-state index contributed by atoms with van der Waals surface area (Å²) >= 11 is 3.30. The molecule has 0 amide bonds. The Hall–Kier alpha value is 0.0800. The second-order valence-electron chi connectivity index (χ2n) is 7.52. The second-order valence-corrected chi connectivity index (χ2v) is 8.31. The van der Waals surface area contributed by atoms with Crippen LogP contribution in [0.3, 0.4) is 0 Å². The van der Waals surface area contributed by atoms with Crippen molar-refractivity contribution in [3.05, 3.63) is 0 Å². The predicted molar refractivity (Wildman–Crippen MR) is 142 cm³/mol. The SMILES string of the molecule is CCCCCOCCOCCOCCOCCOCCOCCOCCOCCOCCOCCBr. The van der Waals surface area contributed by atoms with Gasteiger partial charge in [-0.2, -0.15) is 0 Å². The van der Waals surface area contributed by atoms with Crippen LogP contribution in [0.1, 0.15) is 26.2 Å². The van der Waals surface area contributed by atoms with Gasteiger partial charge in [-0.15, -0.1) is 0 Å². The van der Waals surface area contributed by atoms with Crippen LogP contribution in [0.25, 0.3) is 0 Å². The van der Waals surface area contributed by atoms with Gasteiger partial charge in [-0.1, -0.05) is 35.7 Å². The summed E-state index contributed by atoms with van der Waals surface area (Å²) in [4.78, 5) is 0. The molecule has 11 heteroatoms. The third-order valence-corrected chi connectivity index (χ3v) is 4.79. The first-order valence-electron chi connectivity index (χ1n) is 13.2. The molecule has 0 aliphatic rings. The fourth-order valence-electron chi connectivity index (χ4n) is 2.59. The summed E-state index contributed by atoms with van der Waals surface area (Å²) < 4.78 is 54.3. The normalized spacial score (nSPS) is 11.5. The van der Waals surface area contributed by atoms with Crippen molar-refractivity contribution >= 4 is 15.9 Å². The number of alkyl halides is 1. The lowest BCUT2D eigenvalue weighted by Crippen LogP contribution is -2.15. The highest BCUT2D eigenvalue weighted by atomic mass is 79.9. The van der Waals surface area contributed by atoms with E-state index in [4.69, 9.17) is 47.4 Å². The third kappa shape index (κ3) is 34.1. The van der Waals surface area contributed by atoms with E-state index in [2.05, 4.69) is 22.9 Å². The van der Waals surface area contributed by atoms with Gasteiger partial charge in [0.25, 0.3) is 0 Å². The molecular formula is C25H51BrO10. The average Bonchev–Trinajstić information content (AvgIpc) is 2.89. The zero-order chi connectivity index (χ0) is 26.0. The van der Waals surface area contributed by atoms with Crippen LogP contribution in [-0.2, 0) is 47.4 Å². The van der Waals surface area contributed by atoms with Gasteiger partial charge in [0.05, 0.1) is 126 Å². The Kier molecular flexibility index (Phi) is 35.2. The molecule has 0 aliphatic carbocycles. The fraction of sp³-hybridized carbons (Fsp3) is 1.00. The third-order valence-electron chi connectivity index (χ3n) is 4.46. The number of halogens is 1. The molecule has 36 heavy (non-hydrogen) atoms. The highest BCUT2D eigenvalue weighted by molar-refractivity contribution is 9.09. The van der Waals surface area contributed by atoms with Gasteiger partial charge in [-0.25, -0.2) is 0 Å². The summed E-state index contributed by atoms with van der Waals surface area (Å²) in [6.45, 7) is 13.8. The van der Waals surface area contributed by atoms with Crippen LogP contribution in [0.15, 0.2) is 0 Å². The summed E-state index contributed by atoms with van der Waals surface area (Å²) in [5, 5.41) is 0.843. The second kappa shape index (κ2) is 35.1. The van der Waals surface area contributed by atoms with Gasteiger partial charge in [0.2, 0.25) is 0 Å². The summed E-state index contributed by atoms with van der Waals surface area (Å²) in [6, 6.07) is 0. The van der Waals surface area contributed by atoms with Crippen molar-refractivity contribution in [3.8, 4) is 0 Å². The first-order chi connectivity index (χ1) is 17.9. The van der Waals surface area contributed by atoms with Crippen LogP contribution in [0.5, 0.6) is 0 Å². The quantitative estimate of drug-likeness (QED) is 0.0838. The van der Waals surface area contributed by atoms with Gasteiger partial charge in [0, 0.05) is 11.9 Å². The van der Waals surface area contributed by atoms with Crippen molar-refractivity contribution in [1.82, 2.24) is 0 Å². The summed E-state index contributed by atoms with van der Waals surface area (Å²) in [7, 11) is 0. The van der Waals surface area contributed by atoms with E-state index < -0.39 is 0 Å². The maximum absolute atomic E-state index is 5.47. The maximum atomic E-state index is 5.47. The molecule has 0 saturated heterocycles. The van der Waals surface area contributed by atoms with Gasteiger partial charge in [0.15, 0.2) is 0 Å². The molecule has 0 spiro atoms. The first-order valence-corrected chi connectivity index (χ1v) is 14.4. The topological polar surface area (TPSA) is 92.3 Å². The highest BCUT2D eigenvalue weighted by Crippen LogP contribution is 1.94. The number of ether oxygens (including phenoxy) is 10. The molecule has 218 valence electrons. The molecular weight excluding hydrogens is 540 g/mol. The molecule has 10 nitrogen and oxygen atoms in total. The molecule has 0 bridgehead atoms. The van der Waals surface area contributed by atoms with E-state index in [0.717, 1.165) is 18.4 Å². The fourth-order valence-corrected chi connectivity index (χ4v) is 2.82. The molecule has 0 saturated carbocycles. The van der Waals surface area contributed by atoms with E-state index in [0.29, 0.717) is 126 Å². The molecule has 0 aliphatic heterocycles. The van der Waals surface area contributed by atoms with Gasteiger partial charge >= 0.3 is 0 Å². The van der Waals surface area contributed by atoms with Gasteiger partial charge < -0.3 is 47.4 Å². The molecule has 0 atom stereocenters. The number of unbranched alkanes of at least 4 members (excludes halogenated alkanes) is 2. The lowest BCUT2D eigenvalue weighted by atomic mass is 10.3. The van der Waals surface area contributed by atoms with E-state index in [-0.39, 0.29) is 0 Å². The summed E-state index contributed by atoms with van der Waals surface area (Å²) in [6.07, 6.45) is 3.56. The number of hydrogen-bond acceptors (Lipinski definition) is 10. The van der Waals surface area contributed by atoms with Crippen LogP contribution in [-0.4, -0.2) is 137 Å². The maximum Gasteiger partial charge on any atom is 0.0701 e. The largest absolute Gasteiger partial charge is 0.379 e. The molecule has 0 heterocycles. The molecule has 0 aromatic rings. The molecule has 0 rings (SSSR count). The van der Waals surface area contributed by atoms with Crippen LogP contribution in [0, 0.1) is 0 Å². The number of rotatable bonds is 33. The lowest BCUT2D eigenvalue weighted by molar-refractivity contribution is -0.0262. The zero-order valence-corrected chi connectivity index (χ0v) is 24.0.